The molecule has 1 aliphatic heterocycles. The first-order valence-electron chi connectivity index (χ1n) is 15.3. The van der Waals surface area contributed by atoms with Gasteiger partial charge in [-0.15, -0.1) is 0 Å². The summed E-state index contributed by atoms with van der Waals surface area (Å²) in [5, 5.41) is 22.4. The molecule has 11 nitrogen and oxygen atoms in total. The number of hydrogen-bond donors (Lipinski definition) is 2. The van der Waals surface area contributed by atoms with Gasteiger partial charge in [-0.2, -0.15) is 0 Å². The highest BCUT2D eigenvalue weighted by Gasteiger charge is 2.50. The lowest BCUT2D eigenvalue weighted by Crippen LogP contribution is -2.62. The first-order chi connectivity index (χ1) is 22.4. The maximum absolute atomic E-state index is 12.9. The van der Waals surface area contributed by atoms with Gasteiger partial charge in [0, 0.05) is 0 Å². The van der Waals surface area contributed by atoms with Crippen molar-refractivity contribution in [3.63, 3.8) is 0 Å². The predicted octanol–water partition coefficient (Wildman–Crippen LogP) is 3.33. The van der Waals surface area contributed by atoms with Gasteiger partial charge >= 0.3 is 11.9 Å². The molecule has 1 heterocycles. The third-order valence-corrected chi connectivity index (χ3v) is 7.19. The van der Waals surface area contributed by atoms with Gasteiger partial charge in [-0.1, -0.05) is 91.0 Å². The van der Waals surface area contributed by atoms with Crippen LogP contribution in [0.15, 0.2) is 91.0 Å². The van der Waals surface area contributed by atoms with Crippen molar-refractivity contribution in [2.75, 3.05) is 19.8 Å². The van der Waals surface area contributed by atoms with Crippen molar-refractivity contribution in [2.24, 2.45) is 0 Å². The van der Waals surface area contributed by atoms with Crippen LogP contribution in [0.4, 0.5) is 0 Å². The molecule has 11 heteroatoms. The smallest absolute Gasteiger partial charge is 0.338 e. The van der Waals surface area contributed by atoms with Crippen LogP contribution in [-0.2, 0) is 62.6 Å². The Bertz CT molecular complexity index is 1310. The minimum atomic E-state index is -2.04. The molecule has 2 N–H and O–H groups in total. The summed E-state index contributed by atoms with van der Waals surface area (Å²) in [7, 11) is 0. The molecule has 0 saturated carbocycles. The van der Waals surface area contributed by atoms with Crippen molar-refractivity contribution >= 4 is 11.9 Å². The standard InChI is InChI=1S/C35H42O11/c1-3-41-33(38)28(36)32(34(39)42-4-2)46-35-29(37)31(44-22-26-18-12-7-13-19-26)30(43-21-25-16-10-6-11-17-25)27(45-35)23-40-20-24-14-8-5-9-15-24/h5-19,27-32,35-37H,3-4,20-23H2,1-2H3/t27-,28?,29-,30-,31-,32?,35-/m1/s1. The molecular formula is C35H42O11. The molecule has 0 amide bonds. The normalized spacial score (nSPS) is 22.5. The van der Waals surface area contributed by atoms with E-state index in [1.807, 2.05) is 91.0 Å². The first kappa shape index (κ1) is 35.2. The molecule has 3 aromatic carbocycles. The zero-order chi connectivity index (χ0) is 32.7. The highest BCUT2D eigenvalue weighted by atomic mass is 16.7. The van der Waals surface area contributed by atoms with Crippen LogP contribution in [0.3, 0.4) is 0 Å². The highest BCUT2D eigenvalue weighted by molar-refractivity contribution is 5.85. The van der Waals surface area contributed by atoms with Crippen molar-refractivity contribution in [3.05, 3.63) is 108 Å². The van der Waals surface area contributed by atoms with Gasteiger partial charge in [-0.3, -0.25) is 0 Å². The van der Waals surface area contributed by atoms with Crippen LogP contribution in [-0.4, -0.2) is 84.9 Å². The van der Waals surface area contributed by atoms with Gasteiger partial charge in [0.05, 0.1) is 39.6 Å². The number of benzene rings is 3. The summed E-state index contributed by atoms with van der Waals surface area (Å²) in [5.74, 6) is -2.12. The Hall–Kier alpha value is -3.68. The summed E-state index contributed by atoms with van der Waals surface area (Å²) in [4.78, 5) is 25.3. The fraction of sp³-hybridized carbons (Fsp3) is 0.429. The lowest BCUT2D eigenvalue weighted by atomic mass is 9.98. The topological polar surface area (TPSA) is 139 Å². The highest BCUT2D eigenvalue weighted by Crippen LogP contribution is 2.30. The second-order valence-corrected chi connectivity index (χ2v) is 10.6. The molecule has 2 unspecified atom stereocenters. The van der Waals surface area contributed by atoms with Crippen molar-refractivity contribution in [2.45, 2.75) is 76.6 Å². The zero-order valence-corrected chi connectivity index (χ0v) is 26.0. The van der Waals surface area contributed by atoms with E-state index >= 15 is 0 Å². The Kier molecular flexibility index (Phi) is 14.1. The number of aliphatic hydroxyl groups excluding tert-OH is 2. The molecule has 1 saturated heterocycles. The van der Waals surface area contributed by atoms with Crippen LogP contribution in [0.1, 0.15) is 30.5 Å². The molecular weight excluding hydrogens is 596 g/mol. The summed E-state index contributed by atoms with van der Waals surface area (Å²) in [6, 6.07) is 28.4. The zero-order valence-electron chi connectivity index (χ0n) is 26.0. The Morgan fingerprint density at radius 2 is 1.20 bits per heavy atom. The van der Waals surface area contributed by atoms with E-state index in [9.17, 15) is 19.8 Å². The van der Waals surface area contributed by atoms with Crippen LogP contribution in [0.5, 0.6) is 0 Å². The van der Waals surface area contributed by atoms with E-state index in [1.165, 1.54) is 0 Å². The molecule has 0 radical (unpaired) electrons. The average Bonchev–Trinajstić information content (AvgIpc) is 3.08. The summed E-state index contributed by atoms with van der Waals surface area (Å²) in [6.45, 7) is 3.61. The second kappa shape index (κ2) is 18.5. The number of carbonyl (C=O) groups is 2. The summed E-state index contributed by atoms with van der Waals surface area (Å²) in [5.41, 5.74) is 2.67. The van der Waals surface area contributed by atoms with Gasteiger partial charge in [-0.05, 0) is 30.5 Å². The van der Waals surface area contributed by atoms with E-state index in [1.54, 1.807) is 13.8 Å². The molecule has 1 fully saturated rings. The van der Waals surface area contributed by atoms with Crippen molar-refractivity contribution in [1.82, 2.24) is 0 Å². The SMILES string of the molecule is CCOC(=O)C(O)C(O[C@H]1O[C@H](COCc2ccccc2)[C@@H](OCc2ccccc2)[C@H](OCc2ccccc2)[C@H]1O)C(=O)OCC. The van der Waals surface area contributed by atoms with E-state index in [-0.39, 0.29) is 39.6 Å². The maximum atomic E-state index is 12.9. The third-order valence-electron chi connectivity index (χ3n) is 7.19. The maximum Gasteiger partial charge on any atom is 0.338 e. The fourth-order valence-electron chi connectivity index (χ4n) is 4.91. The first-order valence-corrected chi connectivity index (χ1v) is 15.3. The molecule has 4 rings (SSSR count). The van der Waals surface area contributed by atoms with E-state index in [0.717, 1.165) is 16.7 Å². The van der Waals surface area contributed by atoms with Gasteiger partial charge in [0.1, 0.15) is 24.4 Å². The summed E-state index contributed by atoms with van der Waals surface area (Å²) < 4.78 is 40.7. The lowest BCUT2D eigenvalue weighted by Gasteiger charge is -2.44. The third kappa shape index (κ3) is 10.2. The van der Waals surface area contributed by atoms with Crippen LogP contribution in [0, 0.1) is 0 Å². The number of rotatable bonds is 17. The van der Waals surface area contributed by atoms with Crippen LogP contribution >= 0.6 is 0 Å². The Morgan fingerprint density at radius 1 is 0.717 bits per heavy atom. The molecule has 248 valence electrons. The number of ether oxygens (including phenoxy) is 7. The van der Waals surface area contributed by atoms with Gasteiger partial charge in [-0.25, -0.2) is 9.59 Å². The average molecular weight is 639 g/mol. The Balaban J connectivity index is 1.62. The summed E-state index contributed by atoms with van der Waals surface area (Å²) in [6.07, 6.45) is -9.76. The fourth-order valence-corrected chi connectivity index (χ4v) is 4.91. The van der Waals surface area contributed by atoms with Gasteiger partial charge in [0.15, 0.2) is 18.5 Å². The molecule has 46 heavy (non-hydrogen) atoms. The van der Waals surface area contributed by atoms with Crippen LogP contribution in [0.25, 0.3) is 0 Å². The number of hydrogen-bond acceptors (Lipinski definition) is 11. The van der Waals surface area contributed by atoms with E-state index in [0.29, 0.717) is 0 Å². The summed E-state index contributed by atoms with van der Waals surface area (Å²) >= 11 is 0. The van der Waals surface area contributed by atoms with E-state index < -0.39 is 54.9 Å². The predicted molar refractivity (Wildman–Crippen MR) is 165 cm³/mol. The van der Waals surface area contributed by atoms with Gasteiger partial charge in [0.2, 0.25) is 0 Å². The minimum Gasteiger partial charge on any atom is -0.464 e. The number of esters is 2. The number of aliphatic hydroxyl groups is 2. The van der Waals surface area contributed by atoms with E-state index in [4.69, 9.17) is 33.2 Å². The molecule has 1 aliphatic rings. The minimum absolute atomic E-state index is 0.00334. The van der Waals surface area contributed by atoms with Crippen LogP contribution < -0.4 is 0 Å². The number of carbonyl (C=O) groups excluding carboxylic acids is 2. The monoisotopic (exact) mass is 638 g/mol. The van der Waals surface area contributed by atoms with Crippen molar-refractivity contribution in [3.8, 4) is 0 Å². The lowest BCUT2D eigenvalue weighted by molar-refractivity contribution is -0.330. The van der Waals surface area contributed by atoms with E-state index in [2.05, 4.69) is 0 Å². The Morgan fingerprint density at radius 3 is 1.72 bits per heavy atom. The van der Waals surface area contributed by atoms with Crippen molar-refractivity contribution < 1.29 is 53.0 Å². The quantitative estimate of drug-likeness (QED) is 0.211. The molecule has 0 aliphatic carbocycles. The largest absolute Gasteiger partial charge is 0.464 e. The molecule has 7 atom stereocenters. The molecule has 0 aromatic heterocycles. The van der Waals surface area contributed by atoms with Gasteiger partial charge in [0.25, 0.3) is 0 Å². The van der Waals surface area contributed by atoms with Crippen molar-refractivity contribution in [1.29, 1.82) is 0 Å². The Labute approximate surface area is 268 Å². The van der Waals surface area contributed by atoms with Crippen LogP contribution in [0.2, 0.25) is 0 Å². The molecule has 0 spiro atoms. The molecule has 3 aromatic rings. The second-order valence-electron chi connectivity index (χ2n) is 10.6. The molecule has 0 bridgehead atoms. The van der Waals surface area contributed by atoms with Gasteiger partial charge < -0.3 is 43.4 Å².